The summed E-state index contributed by atoms with van der Waals surface area (Å²) in [7, 11) is 0. The molecule has 2 heteroatoms. The Morgan fingerprint density at radius 3 is 2.90 bits per heavy atom. The largest absolute Gasteiger partial charge is 0.363 e. The molecule has 2 nitrogen and oxygen atoms in total. The Labute approximate surface area is 62.9 Å². The number of rotatable bonds is 1. The zero-order valence-corrected chi connectivity index (χ0v) is 7.09. The third kappa shape index (κ3) is 1.32. The molecule has 0 bridgehead atoms. The molecule has 0 aliphatic carbocycles. The predicted octanol–water partition coefficient (Wildman–Crippen LogP) is 0.135. The first-order valence-corrected chi connectivity index (χ1v) is 4.02. The van der Waals surface area contributed by atoms with Crippen molar-refractivity contribution in [3.05, 3.63) is 11.9 Å². The number of likely N-dealkylation sites (N-methyl/N-ethyl adjacent to an activating group) is 1. The van der Waals surface area contributed by atoms with E-state index in [2.05, 4.69) is 37.2 Å². The van der Waals surface area contributed by atoms with Crippen LogP contribution in [0.1, 0.15) is 20.8 Å². The minimum Gasteiger partial charge on any atom is -0.363 e. The number of quaternary nitrogens is 1. The minimum atomic E-state index is 0.704. The molecule has 2 N–H and O–H groups in total. The van der Waals surface area contributed by atoms with Crippen LogP contribution in [-0.2, 0) is 0 Å². The molecule has 1 heterocycles. The van der Waals surface area contributed by atoms with Gasteiger partial charge in [0.25, 0.3) is 0 Å². The molecule has 1 aliphatic rings. The number of hydrogen-bond acceptors (Lipinski definition) is 1. The summed E-state index contributed by atoms with van der Waals surface area (Å²) >= 11 is 0. The van der Waals surface area contributed by atoms with Crippen molar-refractivity contribution >= 4 is 0 Å². The molecular weight excluding hydrogens is 124 g/mol. The molecular formula is C8H17N2+. The Bertz CT molecular complexity index is 140. The van der Waals surface area contributed by atoms with Crippen molar-refractivity contribution in [3.8, 4) is 0 Å². The molecule has 1 aliphatic heterocycles. The van der Waals surface area contributed by atoms with E-state index in [9.17, 15) is 0 Å². The van der Waals surface area contributed by atoms with Gasteiger partial charge in [-0.3, -0.25) is 0 Å². The quantitative estimate of drug-likeness (QED) is 0.550. The number of nitrogens with two attached hydrogens (primary N) is 1. The molecule has 58 valence electrons. The van der Waals surface area contributed by atoms with E-state index >= 15 is 0 Å². The van der Waals surface area contributed by atoms with Crippen LogP contribution in [0.15, 0.2) is 11.9 Å². The van der Waals surface area contributed by atoms with E-state index in [1.807, 2.05) is 0 Å². The van der Waals surface area contributed by atoms with Crippen LogP contribution >= 0.6 is 0 Å². The summed E-state index contributed by atoms with van der Waals surface area (Å²) in [5.41, 5.74) is 1.40. The van der Waals surface area contributed by atoms with Crippen LogP contribution in [0.25, 0.3) is 0 Å². The Morgan fingerprint density at radius 2 is 2.50 bits per heavy atom. The van der Waals surface area contributed by atoms with Gasteiger partial charge < -0.3 is 10.2 Å². The highest BCUT2D eigenvalue weighted by Crippen LogP contribution is 2.07. The Hall–Kier alpha value is -0.500. The lowest BCUT2D eigenvalue weighted by Crippen LogP contribution is -2.84. The van der Waals surface area contributed by atoms with Crippen LogP contribution in [0.3, 0.4) is 0 Å². The summed E-state index contributed by atoms with van der Waals surface area (Å²) in [6, 6.07) is 0.704. The maximum Gasteiger partial charge on any atom is 0.112 e. The SMILES string of the molecule is CCN1C(C)=C[NH2+]CC1C. The van der Waals surface area contributed by atoms with E-state index in [1.54, 1.807) is 0 Å². The Balaban J connectivity index is 2.63. The summed E-state index contributed by atoms with van der Waals surface area (Å²) in [5.74, 6) is 0. The van der Waals surface area contributed by atoms with E-state index in [4.69, 9.17) is 0 Å². The smallest absolute Gasteiger partial charge is 0.112 e. The first-order chi connectivity index (χ1) is 4.75. The molecule has 0 amide bonds. The lowest BCUT2D eigenvalue weighted by atomic mass is 10.2. The van der Waals surface area contributed by atoms with Gasteiger partial charge in [0, 0.05) is 6.54 Å². The lowest BCUT2D eigenvalue weighted by Gasteiger charge is -2.31. The van der Waals surface area contributed by atoms with Crippen molar-refractivity contribution in [2.24, 2.45) is 0 Å². The average molecular weight is 141 g/mol. The van der Waals surface area contributed by atoms with Crippen molar-refractivity contribution in [3.63, 3.8) is 0 Å². The van der Waals surface area contributed by atoms with Gasteiger partial charge in [0.05, 0.1) is 11.7 Å². The normalized spacial score (nSPS) is 26.5. The zero-order chi connectivity index (χ0) is 7.56. The molecule has 10 heavy (non-hydrogen) atoms. The number of allylic oxidation sites excluding steroid dienone is 1. The Kier molecular flexibility index (Phi) is 2.33. The lowest BCUT2D eigenvalue weighted by molar-refractivity contribution is -0.599. The molecule has 0 saturated heterocycles. The van der Waals surface area contributed by atoms with Gasteiger partial charge in [-0.2, -0.15) is 0 Å². The van der Waals surface area contributed by atoms with Crippen LogP contribution in [-0.4, -0.2) is 24.0 Å². The average Bonchev–Trinajstić information content (AvgIpc) is 1.88. The minimum absolute atomic E-state index is 0.704. The van der Waals surface area contributed by atoms with Crippen molar-refractivity contribution in [2.45, 2.75) is 26.8 Å². The van der Waals surface area contributed by atoms with Crippen LogP contribution in [0.5, 0.6) is 0 Å². The standard InChI is InChI=1S/C8H16N2/c1-4-10-7(2)5-9-6-8(10)3/h5,8-9H,4,6H2,1-3H3/p+1. The summed E-state index contributed by atoms with van der Waals surface area (Å²) in [5, 5.41) is 2.26. The molecule has 1 rings (SSSR count). The van der Waals surface area contributed by atoms with E-state index in [-0.39, 0.29) is 0 Å². The second-order valence-electron chi connectivity index (χ2n) is 2.91. The monoisotopic (exact) mass is 141 g/mol. The van der Waals surface area contributed by atoms with Gasteiger partial charge in [0.15, 0.2) is 0 Å². The van der Waals surface area contributed by atoms with E-state index < -0.39 is 0 Å². The molecule has 0 spiro atoms. The summed E-state index contributed by atoms with van der Waals surface area (Å²) in [6.07, 6.45) is 2.21. The summed E-state index contributed by atoms with van der Waals surface area (Å²) in [4.78, 5) is 2.43. The summed E-state index contributed by atoms with van der Waals surface area (Å²) < 4.78 is 0. The van der Waals surface area contributed by atoms with Crippen molar-refractivity contribution in [2.75, 3.05) is 13.1 Å². The van der Waals surface area contributed by atoms with Crippen LogP contribution in [0, 0.1) is 0 Å². The number of hydrogen-bond donors (Lipinski definition) is 1. The molecule has 1 atom stereocenters. The molecule has 1 unspecified atom stereocenters. The van der Waals surface area contributed by atoms with Gasteiger partial charge in [-0.15, -0.1) is 0 Å². The molecule has 0 aromatic heterocycles. The van der Waals surface area contributed by atoms with Gasteiger partial charge in [-0.05, 0) is 20.8 Å². The second-order valence-corrected chi connectivity index (χ2v) is 2.91. The van der Waals surface area contributed by atoms with Gasteiger partial charge in [-0.1, -0.05) is 0 Å². The Morgan fingerprint density at radius 1 is 1.80 bits per heavy atom. The van der Waals surface area contributed by atoms with Crippen molar-refractivity contribution in [1.82, 2.24) is 4.90 Å². The number of nitrogens with zero attached hydrogens (tertiary/aromatic N) is 1. The first-order valence-electron chi connectivity index (χ1n) is 4.02. The molecule has 0 fully saturated rings. The van der Waals surface area contributed by atoms with Gasteiger partial charge in [0.2, 0.25) is 0 Å². The van der Waals surface area contributed by atoms with E-state index in [0.29, 0.717) is 6.04 Å². The predicted molar refractivity (Wildman–Crippen MR) is 42.4 cm³/mol. The van der Waals surface area contributed by atoms with Gasteiger partial charge in [0.1, 0.15) is 12.7 Å². The highest BCUT2D eigenvalue weighted by atomic mass is 15.2. The molecule has 0 saturated carbocycles. The van der Waals surface area contributed by atoms with Crippen molar-refractivity contribution in [1.29, 1.82) is 0 Å². The van der Waals surface area contributed by atoms with Gasteiger partial charge in [-0.25, -0.2) is 0 Å². The fourth-order valence-corrected chi connectivity index (χ4v) is 1.57. The highest BCUT2D eigenvalue weighted by Gasteiger charge is 2.17. The van der Waals surface area contributed by atoms with E-state index in [0.717, 1.165) is 6.54 Å². The maximum absolute atomic E-state index is 2.43. The first kappa shape index (κ1) is 7.61. The van der Waals surface area contributed by atoms with Crippen LogP contribution in [0.4, 0.5) is 0 Å². The fourth-order valence-electron chi connectivity index (χ4n) is 1.57. The van der Waals surface area contributed by atoms with Gasteiger partial charge >= 0.3 is 0 Å². The topological polar surface area (TPSA) is 19.9 Å². The highest BCUT2D eigenvalue weighted by molar-refractivity contribution is 4.95. The van der Waals surface area contributed by atoms with Crippen LogP contribution in [0.2, 0.25) is 0 Å². The molecule has 0 aromatic rings. The fraction of sp³-hybridized carbons (Fsp3) is 0.750. The zero-order valence-electron chi connectivity index (χ0n) is 7.09. The third-order valence-electron chi connectivity index (χ3n) is 2.16. The third-order valence-corrected chi connectivity index (χ3v) is 2.16. The molecule has 0 aromatic carbocycles. The summed E-state index contributed by atoms with van der Waals surface area (Å²) in [6.45, 7) is 8.99. The van der Waals surface area contributed by atoms with Crippen molar-refractivity contribution < 1.29 is 5.32 Å². The van der Waals surface area contributed by atoms with Crippen LogP contribution < -0.4 is 5.32 Å². The second kappa shape index (κ2) is 3.06. The van der Waals surface area contributed by atoms with E-state index in [1.165, 1.54) is 12.2 Å². The maximum atomic E-state index is 2.43. The molecule has 0 radical (unpaired) electrons.